The zero-order valence-corrected chi connectivity index (χ0v) is 19.5. The van der Waals surface area contributed by atoms with Crippen LogP contribution in [0.2, 0.25) is 0 Å². The third-order valence-electron chi connectivity index (χ3n) is 6.06. The molecule has 0 atom stereocenters. The van der Waals surface area contributed by atoms with Gasteiger partial charge in [0, 0.05) is 34.9 Å². The molecule has 0 fully saturated rings. The maximum Gasteiger partial charge on any atom is 0.256 e. The highest BCUT2D eigenvalue weighted by atomic mass is 16.6. The molecule has 3 aromatic carbocycles. The third-order valence-corrected chi connectivity index (χ3v) is 6.06. The first-order chi connectivity index (χ1) is 17.1. The summed E-state index contributed by atoms with van der Waals surface area (Å²) in [6, 6.07) is 22.9. The number of benzene rings is 3. The highest BCUT2D eigenvalue weighted by molar-refractivity contribution is 5.93. The third kappa shape index (κ3) is 4.84. The molecule has 0 spiro atoms. The molecule has 1 amide bonds. The van der Waals surface area contributed by atoms with E-state index in [9.17, 15) is 9.59 Å². The number of rotatable bonds is 7. The number of nitrogens with one attached hydrogen (secondary N) is 2. The molecule has 0 saturated heterocycles. The fourth-order valence-electron chi connectivity index (χ4n) is 4.30. The largest absolute Gasteiger partial charge is 0.486 e. The van der Waals surface area contributed by atoms with Gasteiger partial charge in [-0.3, -0.25) is 14.2 Å². The molecule has 0 radical (unpaired) electrons. The number of carbonyl (C=O) groups is 1. The summed E-state index contributed by atoms with van der Waals surface area (Å²) in [6.45, 7) is 3.16. The van der Waals surface area contributed by atoms with Gasteiger partial charge in [0.25, 0.3) is 5.56 Å². The van der Waals surface area contributed by atoms with E-state index in [2.05, 4.69) is 10.6 Å². The Morgan fingerprint density at radius 1 is 0.914 bits per heavy atom. The van der Waals surface area contributed by atoms with Gasteiger partial charge >= 0.3 is 0 Å². The van der Waals surface area contributed by atoms with Crippen molar-refractivity contribution >= 4 is 28.2 Å². The van der Waals surface area contributed by atoms with Crippen LogP contribution in [0.4, 0.5) is 11.4 Å². The van der Waals surface area contributed by atoms with Crippen molar-refractivity contribution in [3.05, 3.63) is 94.3 Å². The number of fused-ring (bicyclic) bond motifs is 2. The second-order valence-corrected chi connectivity index (χ2v) is 8.39. The van der Waals surface area contributed by atoms with Crippen molar-refractivity contribution in [1.29, 1.82) is 0 Å². The Morgan fingerprint density at radius 3 is 2.40 bits per heavy atom. The topological polar surface area (TPSA) is 81.6 Å². The lowest BCUT2D eigenvalue weighted by molar-refractivity contribution is -0.116. The Kier molecular flexibility index (Phi) is 6.39. The van der Waals surface area contributed by atoms with Crippen LogP contribution in [-0.2, 0) is 24.3 Å². The number of para-hydroxylation sites is 2. The van der Waals surface area contributed by atoms with E-state index in [4.69, 9.17) is 9.47 Å². The summed E-state index contributed by atoms with van der Waals surface area (Å²) >= 11 is 0. The molecule has 2 heterocycles. The highest BCUT2D eigenvalue weighted by Crippen LogP contribution is 2.34. The molecule has 0 aliphatic carbocycles. The molecule has 7 nitrogen and oxygen atoms in total. The second-order valence-electron chi connectivity index (χ2n) is 8.39. The van der Waals surface area contributed by atoms with Crippen LogP contribution in [0.3, 0.4) is 0 Å². The van der Waals surface area contributed by atoms with Gasteiger partial charge in [0.15, 0.2) is 11.5 Å². The Labute approximate surface area is 203 Å². The molecule has 0 bridgehead atoms. The van der Waals surface area contributed by atoms with Gasteiger partial charge < -0.3 is 20.1 Å². The average molecular weight is 470 g/mol. The Bertz CT molecular complexity index is 1430. The number of hydrogen-bond donors (Lipinski definition) is 2. The van der Waals surface area contributed by atoms with E-state index in [0.717, 1.165) is 28.7 Å². The Balaban J connectivity index is 1.52. The van der Waals surface area contributed by atoms with Crippen LogP contribution in [-0.4, -0.2) is 23.7 Å². The summed E-state index contributed by atoms with van der Waals surface area (Å²) in [5, 5.41) is 7.07. The van der Waals surface area contributed by atoms with E-state index < -0.39 is 0 Å². The second kappa shape index (κ2) is 9.93. The van der Waals surface area contributed by atoms with E-state index in [1.54, 1.807) is 6.07 Å². The lowest BCUT2D eigenvalue weighted by Gasteiger charge is -2.21. The first-order valence-electron chi connectivity index (χ1n) is 11.7. The number of hydrogen-bond acceptors (Lipinski definition) is 5. The molecule has 4 aromatic rings. The van der Waals surface area contributed by atoms with Crippen molar-refractivity contribution in [3.63, 3.8) is 0 Å². The lowest BCUT2D eigenvalue weighted by Crippen LogP contribution is -2.31. The van der Waals surface area contributed by atoms with E-state index >= 15 is 0 Å². The number of amides is 1. The zero-order valence-electron chi connectivity index (χ0n) is 19.5. The smallest absolute Gasteiger partial charge is 0.256 e. The van der Waals surface area contributed by atoms with Crippen molar-refractivity contribution in [2.75, 3.05) is 23.8 Å². The number of aromatic nitrogens is 1. The predicted octanol–water partition coefficient (Wildman–Crippen LogP) is 4.59. The minimum absolute atomic E-state index is 0.119. The first kappa shape index (κ1) is 22.5. The van der Waals surface area contributed by atoms with Gasteiger partial charge in [0.2, 0.25) is 5.91 Å². The lowest BCUT2D eigenvalue weighted by atomic mass is 10.1. The Morgan fingerprint density at radius 2 is 1.63 bits per heavy atom. The van der Waals surface area contributed by atoms with Crippen LogP contribution >= 0.6 is 0 Å². The number of aryl methyl sites for hydroxylation is 1. The molecular weight excluding hydrogens is 442 g/mol. The van der Waals surface area contributed by atoms with Crippen molar-refractivity contribution in [3.8, 4) is 11.5 Å². The molecule has 1 aliphatic rings. The predicted molar refractivity (Wildman–Crippen MR) is 137 cm³/mol. The van der Waals surface area contributed by atoms with E-state index in [1.165, 1.54) is 4.57 Å². The van der Waals surface area contributed by atoms with Crippen LogP contribution in [0.5, 0.6) is 11.5 Å². The molecule has 178 valence electrons. The summed E-state index contributed by atoms with van der Waals surface area (Å²) in [5.74, 6) is 0.943. The fourth-order valence-corrected chi connectivity index (χ4v) is 4.30. The highest BCUT2D eigenvalue weighted by Gasteiger charge is 2.18. The minimum atomic E-state index is -0.266. The minimum Gasteiger partial charge on any atom is -0.486 e. The van der Waals surface area contributed by atoms with Crippen LogP contribution < -0.4 is 25.7 Å². The maximum absolute atomic E-state index is 13.6. The quantitative estimate of drug-likeness (QED) is 0.414. The van der Waals surface area contributed by atoms with Crippen molar-refractivity contribution in [2.45, 2.75) is 26.4 Å². The van der Waals surface area contributed by atoms with Gasteiger partial charge in [0.1, 0.15) is 19.8 Å². The number of nitrogens with zero attached hydrogens (tertiary/aromatic N) is 1. The van der Waals surface area contributed by atoms with Gasteiger partial charge in [-0.15, -0.1) is 0 Å². The SMILES string of the molecule is CCc1ccccc1NC(=O)Cn1c(=O)c(CNc2ccccc2)cc2cc3c(cc21)OCCO3. The summed E-state index contributed by atoms with van der Waals surface area (Å²) in [6.07, 6.45) is 0.795. The maximum atomic E-state index is 13.6. The number of pyridine rings is 1. The normalized spacial score (nSPS) is 12.4. The van der Waals surface area contributed by atoms with Gasteiger partial charge in [-0.2, -0.15) is 0 Å². The van der Waals surface area contributed by atoms with E-state index in [0.29, 0.717) is 42.3 Å². The van der Waals surface area contributed by atoms with E-state index in [-0.39, 0.29) is 18.0 Å². The Hall–Kier alpha value is -4.26. The monoisotopic (exact) mass is 469 g/mol. The summed E-state index contributed by atoms with van der Waals surface area (Å²) in [4.78, 5) is 26.6. The molecule has 1 aliphatic heterocycles. The fraction of sp³-hybridized carbons (Fsp3) is 0.214. The van der Waals surface area contributed by atoms with Crippen molar-refractivity contribution < 1.29 is 14.3 Å². The molecule has 0 saturated carbocycles. The number of carbonyl (C=O) groups excluding carboxylic acids is 1. The standard InChI is InChI=1S/C28H27N3O4/c1-2-19-8-6-7-11-23(19)30-27(32)18-31-24-16-26-25(34-12-13-35-26)15-20(24)14-21(28(31)33)17-29-22-9-4-3-5-10-22/h3-11,14-16,29H,2,12-13,17-18H2,1H3,(H,30,32). The molecule has 0 unspecified atom stereocenters. The molecule has 7 heteroatoms. The van der Waals surface area contributed by atoms with Crippen LogP contribution in [0, 0.1) is 0 Å². The molecule has 2 N–H and O–H groups in total. The average Bonchev–Trinajstić information content (AvgIpc) is 2.89. The first-order valence-corrected chi connectivity index (χ1v) is 11.7. The van der Waals surface area contributed by atoms with Crippen LogP contribution in [0.25, 0.3) is 10.9 Å². The molecular formula is C28H27N3O4. The summed E-state index contributed by atoms with van der Waals surface area (Å²) in [5.41, 5.74) is 3.67. The van der Waals surface area contributed by atoms with Crippen LogP contribution in [0.15, 0.2) is 77.6 Å². The van der Waals surface area contributed by atoms with Gasteiger partial charge in [-0.25, -0.2) is 0 Å². The van der Waals surface area contributed by atoms with Gasteiger partial charge in [-0.1, -0.05) is 43.3 Å². The molecule has 35 heavy (non-hydrogen) atoms. The van der Waals surface area contributed by atoms with Gasteiger partial charge in [-0.05, 0) is 42.3 Å². The van der Waals surface area contributed by atoms with Crippen LogP contribution in [0.1, 0.15) is 18.1 Å². The van der Waals surface area contributed by atoms with Crippen molar-refractivity contribution in [1.82, 2.24) is 4.57 Å². The van der Waals surface area contributed by atoms with Crippen molar-refractivity contribution in [2.24, 2.45) is 0 Å². The number of ether oxygens (including phenoxy) is 2. The zero-order chi connectivity index (χ0) is 24.2. The molecule has 5 rings (SSSR count). The van der Waals surface area contributed by atoms with E-state index in [1.807, 2.05) is 73.7 Å². The van der Waals surface area contributed by atoms with Gasteiger partial charge in [0.05, 0.1) is 5.52 Å². The number of anilines is 2. The summed E-state index contributed by atoms with van der Waals surface area (Å²) in [7, 11) is 0. The molecule has 1 aromatic heterocycles. The summed E-state index contributed by atoms with van der Waals surface area (Å²) < 4.78 is 13.0.